The Kier molecular flexibility index (Phi) is 5.70. The van der Waals surface area contributed by atoms with Crippen molar-refractivity contribution in [3.63, 3.8) is 0 Å². The summed E-state index contributed by atoms with van der Waals surface area (Å²) in [5.41, 5.74) is 0.532. The molecular weight excluding hydrogens is 340 g/mol. The molecule has 3 rings (SSSR count). The number of aryl methyl sites for hydroxylation is 1. The molecule has 0 spiro atoms. The number of aromatic amines is 1. The number of H-pyrrole nitrogens is 1. The average Bonchev–Trinajstić information content (AvgIpc) is 3.30. The molecule has 3 heterocycles. The fraction of sp³-hybridized carbons (Fsp3) is 0.471. The molecule has 0 atom stereocenters. The number of thiophene rings is 1. The second-order valence-electron chi connectivity index (χ2n) is 6.19. The number of carbonyl (C=O) groups is 2. The summed E-state index contributed by atoms with van der Waals surface area (Å²) in [5.74, 6) is 0.252. The number of carbonyl (C=O) groups excluding carboxylic acids is 2. The highest BCUT2D eigenvalue weighted by atomic mass is 32.1. The quantitative estimate of drug-likeness (QED) is 0.856. The number of amides is 2. The van der Waals surface area contributed by atoms with E-state index in [0.29, 0.717) is 37.7 Å². The van der Waals surface area contributed by atoms with E-state index < -0.39 is 0 Å². The van der Waals surface area contributed by atoms with Gasteiger partial charge in [-0.2, -0.15) is 5.10 Å². The van der Waals surface area contributed by atoms with Crippen molar-refractivity contribution in [2.75, 3.05) is 19.6 Å². The minimum atomic E-state index is -0.257. The molecule has 8 heteroatoms. The van der Waals surface area contributed by atoms with E-state index in [4.69, 9.17) is 4.74 Å². The molecule has 2 aromatic rings. The molecule has 0 bridgehead atoms. The minimum absolute atomic E-state index is 0.123. The highest BCUT2D eigenvalue weighted by Crippen LogP contribution is 2.19. The van der Waals surface area contributed by atoms with E-state index in [-0.39, 0.29) is 12.0 Å². The van der Waals surface area contributed by atoms with Crippen molar-refractivity contribution in [3.8, 4) is 0 Å². The van der Waals surface area contributed by atoms with Crippen LogP contribution in [-0.2, 0) is 11.3 Å². The van der Waals surface area contributed by atoms with Crippen molar-refractivity contribution in [3.05, 3.63) is 39.8 Å². The Labute approximate surface area is 150 Å². The first-order valence-corrected chi connectivity index (χ1v) is 9.17. The van der Waals surface area contributed by atoms with E-state index in [1.54, 1.807) is 22.4 Å². The van der Waals surface area contributed by atoms with Gasteiger partial charge >= 0.3 is 6.09 Å². The maximum absolute atomic E-state index is 12.1. The molecule has 2 N–H and O–H groups in total. The van der Waals surface area contributed by atoms with E-state index in [9.17, 15) is 9.59 Å². The van der Waals surface area contributed by atoms with Gasteiger partial charge in [0.25, 0.3) is 5.91 Å². The fourth-order valence-electron chi connectivity index (χ4n) is 2.82. The number of nitrogens with zero attached hydrogens (tertiary/aromatic N) is 2. The number of piperidine rings is 1. The largest absolute Gasteiger partial charge is 0.444 e. The molecule has 1 saturated heterocycles. The molecule has 1 fully saturated rings. The number of hydrogen-bond acceptors (Lipinski definition) is 5. The summed E-state index contributed by atoms with van der Waals surface area (Å²) >= 11 is 1.64. The summed E-state index contributed by atoms with van der Waals surface area (Å²) in [4.78, 5) is 28.0. The molecule has 0 aliphatic carbocycles. The van der Waals surface area contributed by atoms with Gasteiger partial charge in [-0.3, -0.25) is 9.89 Å². The van der Waals surface area contributed by atoms with Crippen molar-refractivity contribution in [1.82, 2.24) is 20.4 Å². The van der Waals surface area contributed by atoms with Crippen LogP contribution in [0.25, 0.3) is 0 Å². The maximum Gasteiger partial charge on any atom is 0.410 e. The van der Waals surface area contributed by atoms with Crippen LogP contribution in [0, 0.1) is 12.8 Å². The second kappa shape index (κ2) is 8.15. The third-order valence-corrected chi connectivity index (χ3v) is 5.29. The Balaban J connectivity index is 1.36. The number of rotatable bonds is 5. The summed E-state index contributed by atoms with van der Waals surface area (Å²) in [7, 11) is 0. The van der Waals surface area contributed by atoms with E-state index in [1.165, 1.54) is 11.1 Å². The Bertz CT molecular complexity index is 705. The lowest BCUT2D eigenvalue weighted by Gasteiger charge is -2.31. The Hall–Kier alpha value is -2.35. The monoisotopic (exact) mass is 362 g/mol. The number of ether oxygens (including phenoxy) is 1. The minimum Gasteiger partial charge on any atom is -0.444 e. The van der Waals surface area contributed by atoms with Gasteiger partial charge in [-0.25, -0.2) is 4.79 Å². The van der Waals surface area contributed by atoms with Crippen LogP contribution in [0.5, 0.6) is 0 Å². The van der Waals surface area contributed by atoms with Crippen LogP contribution in [-0.4, -0.2) is 46.7 Å². The van der Waals surface area contributed by atoms with Gasteiger partial charge in [-0.1, -0.05) is 0 Å². The first-order chi connectivity index (χ1) is 12.1. The van der Waals surface area contributed by atoms with Gasteiger partial charge in [0.1, 0.15) is 6.61 Å². The topological polar surface area (TPSA) is 87.3 Å². The lowest BCUT2D eigenvalue weighted by atomic mass is 9.97. The third kappa shape index (κ3) is 4.82. The highest BCUT2D eigenvalue weighted by molar-refractivity contribution is 7.11. The summed E-state index contributed by atoms with van der Waals surface area (Å²) in [6.07, 6.45) is 4.54. The fourth-order valence-corrected chi connectivity index (χ4v) is 3.62. The van der Waals surface area contributed by atoms with Gasteiger partial charge < -0.3 is 15.0 Å². The van der Waals surface area contributed by atoms with Crippen LogP contribution >= 0.6 is 11.3 Å². The van der Waals surface area contributed by atoms with Crippen molar-refractivity contribution in [1.29, 1.82) is 0 Å². The third-order valence-electron chi connectivity index (χ3n) is 4.32. The molecule has 2 aromatic heterocycles. The number of nitrogens with one attached hydrogen (secondary N) is 2. The maximum atomic E-state index is 12.1. The Morgan fingerprint density at radius 2 is 2.20 bits per heavy atom. The van der Waals surface area contributed by atoms with Crippen molar-refractivity contribution in [2.24, 2.45) is 5.92 Å². The smallest absolute Gasteiger partial charge is 0.410 e. The lowest BCUT2D eigenvalue weighted by molar-refractivity contribution is 0.0807. The summed E-state index contributed by atoms with van der Waals surface area (Å²) < 4.78 is 5.38. The Morgan fingerprint density at radius 3 is 2.84 bits per heavy atom. The normalized spacial score (nSPS) is 15.2. The zero-order valence-electron chi connectivity index (χ0n) is 14.2. The number of aromatic nitrogens is 2. The molecule has 134 valence electrons. The molecule has 0 radical (unpaired) electrons. The first-order valence-electron chi connectivity index (χ1n) is 8.36. The molecular formula is C17H22N4O3S. The molecule has 1 aliphatic heterocycles. The summed E-state index contributed by atoms with van der Waals surface area (Å²) in [5, 5.41) is 9.30. The van der Waals surface area contributed by atoms with Gasteiger partial charge in [0.05, 0.1) is 11.8 Å². The summed E-state index contributed by atoms with van der Waals surface area (Å²) in [6, 6.07) is 4.01. The van der Waals surface area contributed by atoms with Gasteiger partial charge in [-0.15, -0.1) is 11.3 Å². The molecule has 7 nitrogen and oxygen atoms in total. The van der Waals surface area contributed by atoms with Crippen molar-refractivity contribution < 1.29 is 14.3 Å². The molecule has 2 amide bonds. The number of hydrogen-bond donors (Lipinski definition) is 2. The zero-order chi connectivity index (χ0) is 17.6. The first kappa shape index (κ1) is 17.5. The molecule has 0 aromatic carbocycles. The lowest BCUT2D eigenvalue weighted by Crippen LogP contribution is -2.41. The van der Waals surface area contributed by atoms with E-state index in [2.05, 4.69) is 15.5 Å². The molecule has 0 saturated carbocycles. The van der Waals surface area contributed by atoms with Gasteiger partial charge in [0, 0.05) is 35.6 Å². The van der Waals surface area contributed by atoms with Crippen LogP contribution in [0.2, 0.25) is 0 Å². The van der Waals surface area contributed by atoms with E-state index in [0.717, 1.165) is 17.7 Å². The Morgan fingerprint density at radius 1 is 1.40 bits per heavy atom. The van der Waals surface area contributed by atoms with Crippen LogP contribution in [0.4, 0.5) is 4.79 Å². The standard InChI is InChI=1S/C17H22N4O3S/c1-12-2-3-15(25-12)11-24-17(23)21-6-4-13(5-7-21)8-18-16(22)14-9-19-20-10-14/h2-3,9-10,13H,4-8,11H2,1H3,(H,18,22)(H,19,20). The van der Waals surface area contributed by atoms with Crippen molar-refractivity contribution in [2.45, 2.75) is 26.4 Å². The molecule has 25 heavy (non-hydrogen) atoms. The van der Waals surface area contributed by atoms with Gasteiger partial charge in [0.2, 0.25) is 0 Å². The van der Waals surface area contributed by atoms with Crippen LogP contribution in [0.15, 0.2) is 24.5 Å². The van der Waals surface area contributed by atoms with E-state index in [1.807, 2.05) is 19.1 Å². The van der Waals surface area contributed by atoms with Crippen molar-refractivity contribution >= 4 is 23.3 Å². The van der Waals surface area contributed by atoms with Crippen LogP contribution in [0.3, 0.4) is 0 Å². The van der Waals surface area contributed by atoms with Gasteiger partial charge in [-0.05, 0) is 37.8 Å². The van der Waals surface area contributed by atoms with Crippen LogP contribution < -0.4 is 5.32 Å². The zero-order valence-corrected chi connectivity index (χ0v) is 15.0. The van der Waals surface area contributed by atoms with E-state index >= 15 is 0 Å². The molecule has 1 aliphatic rings. The predicted molar refractivity (Wildman–Crippen MR) is 94.5 cm³/mol. The SMILES string of the molecule is Cc1ccc(COC(=O)N2CCC(CNC(=O)c3cn[nH]c3)CC2)s1. The average molecular weight is 362 g/mol. The predicted octanol–water partition coefficient (Wildman–Crippen LogP) is 2.56. The highest BCUT2D eigenvalue weighted by Gasteiger charge is 2.24. The molecule has 0 unspecified atom stereocenters. The second-order valence-corrected chi connectivity index (χ2v) is 7.57. The summed E-state index contributed by atoms with van der Waals surface area (Å²) in [6.45, 7) is 4.30. The number of likely N-dealkylation sites (tertiary alicyclic amines) is 1. The van der Waals surface area contributed by atoms with Gasteiger partial charge in [0.15, 0.2) is 0 Å². The van der Waals surface area contributed by atoms with Crippen LogP contribution in [0.1, 0.15) is 33.0 Å².